The van der Waals surface area contributed by atoms with Crippen LogP contribution in [0.2, 0.25) is 0 Å². The highest BCUT2D eigenvalue weighted by Crippen LogP contribution is 2.31. The van der Waals surface area contributed by atoms with Crippen LogP contribution >= 0.6 is 0 Å². The molecule has 0 aromatic heterocycles. The predicted molar refractivity (Wildman–Crippen MR) is 86.8 cm³/mol. The maximum absolute atomic E-state index is 6.11. The van der Waals surface area contributed by atoms with Crippen molar-refractivity contribution in [1.29, 1.82) is 0 Å². The molecule has 1 aromatic carbocycles. The Morgan fingerprint density at radius 3 is 2.76 bits per heavy atom. The van der Waals surface area contributed by atoms with Gasteiger partial charge in [0.25, 0.3) is 0 Å². The summed E-state index contributed by atoms with van der Waals surface area (Å²) in [7, 11) is 0. The van der Waals surface area contributed by atoms with Crippen LogP contribution < -0.4 is 10.1 Å². The van der Waals surface area contributed by atoms with E-state index in [1.54, 1.807) is 0 Å². The average molecular weight is 291 g/mol. The van der Waals surface area contributed by atoms with E-state index in [1.165, 1.54) is 11.1 Å². The molecule has 3 heteroatoms. The number of benzene rings is 1. The summed E-state index contributed by atoms with van der Waals surface area (Å²) in [5, 5.41) is 3.46. The first-order chi connectivity index (χ1) is 9.87. The summed E-state index contributed by atoms with van der Waals surface area (Å²) in [4.78, 5) is 0. The van der Waals surface area contributed by atoms with Crippen molar-refractivity contribution < 1.29 is 9.47 Å². The molecule has 1 aliphatic rings. The first-order valence-corrected chi connectivity index (χ1v) is 8.00. The Morgan fingerprint density at radius 1 is 1.38 bits per heavy atom. The van der Waals surface area contributed by atoms with E-state index in [4.69, 9.17) is 9.47 Å². The van der Waals surface area contributed by atoms with Crippen molar-refractivity contribution in [2.45, 2.75) is 71.8 Å². The lowest BCUT2D eigenvalue weighted by atomic mass is 10.1. The first kappa shape index (κ1) is 16.3. The van der Waals surface area contributed by atoms with Crippen LogP contribution in [0.4, 0.5) is 0 Å². The molecule has 1 aliphatic heterocycles. The van der Waals surface area contributed by atoms with Crippen molar-refractivity contribution in [2.24, 2.45) is 0 Å². The van der Waals surface area contributed by atoms with Gasteiger partial charge in [0.1, 0.15) is 12.4 Å². The summed E-state index contributed by atoms with van der Waals surface area (Å²) in [5.74, 6) is 1.01. The fourth-order valence-corrected chi connectivity index (χ4v) is 2.74. The second kappa shape index (κ2) is 6.80. The highest BCUT2D eigenvalue weighted by molar-refractivity contribution is 5.40. The topological polar surface area (TPSA) is 30.5 Å². The molecule has 1 aromatic rings. The van der Waals surface area contributed by atoms with E-state index >= 15 is 0 Å². The maximum Gasteiger partial charge on any atom is 0.126 e. The van der Waals surface area contributed by atoms with Gasteiger partial charge in [0.15, 0.2) is 0 Å². The van der Waals surface area contributed by atoms with Gasteiger partial charge in [-0.3, -0.25) is 0 Å². The summed E-state index contributed by atoms with van der Waals surface area (Å²) < 4.78 is 12.1. The summed E-state index contributed by atoms with van der Waals surface area (Å²) in [5.41, 5.74) is 2.41. The second-order valence-electron chi connectivity index (χ2n) is 6.95. The van der Waals surface area contributed by atoms with E-state index < -0.39 is 0 Å². The molecule has 0 bridgehead atoms. The van der Waals surface area contributed by atoms with E-state index in [-0.39, 0.29) is 11.7 Å². The third kappa shape index (κ3) is 4.72. The van der Waals surface area contributed by atoms with Crippen molar-refractivity contribution in [1.82, 2.24) is 5.32 Å². The molecule has 21 heavy (non-hydrogen) atoms. The molecule has 1 fully saturated rings. The Morgan fingerprint density at radius 2 is 2.14 bits per heavy atom. The number of ether oxygens (including phenoxy) is 2. The summed E-state index contributed by atoms with van der Waals surface area (Å²) in [6, 6.07) is 6.80. The van der Waals surface area contributed by atoms with E-state index in [0.29, 0.717) is 12.6 Å². The summed E-state index contributed by atoms with van der Waals surface area (Å²) in [6.45, 7) is 12.2. The van der Waals surface area contributed by atoms with Gasteiger partial charge in [-0.25, -0.2) is 0 Å². The van der Waals surface area contributed by atoms with Crippen molar-refractivity contribution in [3.8, 4) is 5.75 Å². The van der Waals surface area contributed by atoms with Gasteiger partial charge in [0.2, 0.25) is 0 Å². The SMILES string of the molecule is Cc1cccc(CNC(C)C)c1OCC1CCC(C)(C)O1. The molecule has 3 nitrogen and oxygen atoms in total. The lowest BCUT2D eigenvalue weighted by Gasteiger charge is -2.21. The fraction of sp³-hybridized carbons (Fsp3) is 0.667. The van der Waals surface area contributed by atoms with Gasteiger partial charge in [0, 0.05) is 18.2 Å². The van der Waals surface area contributed by atoms with Crippen molar-refractivity contribution >= 4 is 0 Å². The Hall–Kier alpha value is -1.06. The molecular formula is C18H29NO2. The van der Waals surface area contributed by atoms with Crippen LogP contribution in [-0.2, 0) is 11.3 Å². The predicted octanol–water partition coefficient (Wildman–Crippen LogP) is 3.83. The van der Waals surface area contributed by atoms with E-state index in [9.17, 15) is 0 Å². The third-order valence-corrected chi connectivity index (χ3v) is 3.96. The molecule has 0 spiro atoms. The van der Waals surface area contributed by atoms with Crippen molar-refractivity contribution in [3.05, 3.63) is 29.3 Å². The zero-order chi connectivity index (χ0) is 15.5. The summed E-state index contributed by atoms with van der Waals surface area (Å²) >= 11 is 0. The molecule has 1 heterocycles. The van der Waals surface area contributed by atoms with Crippen LogP contribution in [-0.4, -0.2) is 24.4 Å². The van der Waals surface area contributed by atoms with Gasteiger partial charge in [-0.2, -0.15) is 0 Å². The van der Waals surface area contributed by atoms with Crippen LogP contribution in [0.5, 0.6) is 5.75 Å². The second-order valence-corrected chi connectivity index (χ2v) is 6.95. The third-order valence-electron chi connectivity index (χ3n) is 3.96. The first-order valence-electron chi connectivity index (χ1n) is 8.00. The molecule has 2 rings (SSSR count). The number of aryl methyl sites for hydroxylation is 1. The normalized spacial score (nSPS) is 21.0. The molecule has 0 radical (unpaired) electrons. The number of hydrogen-bond acceptors (Lipinski definition) is 3. The zero-order valence-corrected chi connectivity index (χ0v) is 14.0. The van der Waals surface area contributed by atoms with Gasteiger partial charge in [0.05, 0.1) is 11.7 Å². The van der Waals surface area contributed by atoms with E-state index in [2.05, 4.69) is 58.1 Å². The maximum atomic E-state index is 6.11. The highest BCUT2D eigenvalue weighted by Gasteiger charge is 2.32. The molecule has 1 N–H and O–H groups in total. The Kier molecular flexibility index (Phi) is 5.28. The number of hydrogen-bond donors (Lipinski definition) is 1. The zero-order valence-electron chi connectivity index (χ0n) is 14.0. The van der Waals surface area contributed by atoms with Gasteiger partial charge in [-0.05, 0) is 39.2 Å². The molecule has 1 unspecified atom stereocenters. The average Bonchev–Trinajstić information content (AvgIpc) is 2.74. The smallest absolute Gasteiger partial charge is 0.126 e. The number of rotatable bonds is 6. The van der Waals surface area contributed by atoms with Crippen molar-refractivity contribution in [2.75, 3.05) is 6.61 Å². The van der Waals surface area contributed by atoms with Gasteiger partial charge >= 0.3 is 0 Å². The van der Waals surface area contributed by atoms with Gasteiger partial charge in [-0.1, -0.05) is 32.0 Å². The lowest BCUT2D eigenvalue weighted by Crippen LogP contribution is -2.25. The largest absolute Gasteiger partial charge is 0.490 e. The van der Waals surface area contributed by atoms with Crippen LogP contribution in [0.15, 0.2) is 18.2 Å². The van der Waals surface area contributed by atoms with Crippen molar-refractivity contribution in [3.63, 3.8) is 0 Å². The number of nitrogens with one attached hydrogen (secondary N) is 1. The van der Waals surface area contributed by atoms with Crippen LogP contribution in [0.25, 0.3) is 0 Å². The molecular weight excluding hydrogens is 262 g/mol. The lowest BCUT2D eigenvalue weighted by molar-refractivity contribution is -0.0328. The molecule has 118 valence electrons. The minimum atomic E-state index is 0.00177. The van der Waals surface area contributed by atoms with Crippen LogP contribution in [0, 0.1) is 6.92 Å². The quantitative estimate of drug-likeness (QED) is 0.864. The molecule has 0 aliphatic carbocycles. The fourth-order valence-electron chi connectivity index (χ4n) is 2.74. The Labute approximate surface area is 129 Å². The number of para-hydroxylation sites is 1. The van der Waals surface area contributed by atoms with E-state index in [0.717, 1.165) is 25.1 Å². The van der Waals surface area contributed by atoms with Crippen LogP contribution in [0.1, 0.15) is 51.7 Å². The minimum Gasteiger partial charge on any atom is -0.490 e. The summed E-state index contributed by atoms with van der Waals surface area (Å²) in [6.07, 6.45) is 2.40. The standard InChI is InChI=1S/C18H29NO2/c1-13(2)19-11-15-8-6-7-14(3)17(15)20-12-16-9-10-18(4,5)21-16/h6-8,13,16,19H,9-12H2,1-5H3. The van der Waals surface area contributed by atoms with Gasteiger partial charge < -0.3 is 14.8 Å². The van der Waals surface area contributed by atoms with Gasteiger partial charge in [-0.15, -0.1) is 0 Å². The van der Waals surface area contributed by atoms with E-state index in [1.807, 2.05) is 0 Å². The Bertz CT molecular complexity index is 468. The molecule has 0 amide bonds. The molecule has 1 saturated heterocycles. The highest BCUT2D eigenvalue weighted by atomic mass is 16.6. The Balaban J connectivity index is 1.98. The molecule has 0 saturated carbocycles. The monoisotopic (exact) mass is 291 g/mol. The van der Waals surface area contributed by atoms with Crippen LogP contribution in [0.3, 0.4) is 0 Å². The minimum absolute atomic E-state index is 0.00177. The molecule has 1 atom stereocenters.